The van der Waals surface area contributed by atoms with Gasteiger partial charge >= 0.3 is 0 Å². The number of nitrogens with zero attached hydrogens (tertiary/aromatic N) is 1. The molecular formula is C12H14ClFN2O. The van der Waals surface area contributed by atoms with Gasteiger partial charge in [-0.25, -0.2) is 4.39 Å². The van der Waals surface area contributed by atoms with E-state index in [1.807, 2.05) is 0 Å². The predicted molar refractivity (Wildman–Crippen MR) is 64.3 cm³/mol. The molecule has 1 fully saturated rings. The molecule has 1 saturated heterocycles. The summed E-state index contributed by atoms with van der Waals surface area (Å²) < 4.78 is 13.1. The summed E-state index contributed by atoms with van der Waals surface area (Å²) in [4.78, 5) is 13.6. The molecule has 3 nitrogen and oxygen atoms in total. The van der Waals surface area contributed by atoms with Crippen LogP contribution < -0.4 is 5.73 Å². The van der Waals surface area contributed by atoms with E-state index < -0.39 is 5.82 Å². The molecule has 1 aliphatic heterocycles. The van der Waals surface area contributed by atoms with E-state index in [0.29, 0.717) is 23.7 Å². The molecule has 1 unspecified atom stereocenters. The third kappa shape index (κ3) is 3.17. The van der Waals surface area contributed by atoms with Crippen molar-refractivity contribution in [2.45, 2.75) is 18.9 Å². The lowest BCUT2D eigenvalue weighted by molar-refractivity contribution is -0.129. The number of nitrogens with two attached hydrogens (primary N) is 1. The van der Waals surface area contributed by atoms with Gasteiger partial charge in [-0.05, 0) is 30.2 Å². The fourth-order valence-corrected chi connectivity index (χ4v) is 2.26. The Morgan fingerprint density at radius 3 is 2.88 bits per heavy atom. The van der Waals surface area contributed by atoms with E-state index in [4.69, 9.17) is 17.3 Å². The fourth-order valence-electron chi connectivity index (χ4n) is 2.01. The number of amides is 1. The molecule has 1 heterocycles. The predicted octanol–water partition coefficient (Wildman–Crippen LogP) is 1.58. The summed E-state index contributed by atoms with van der Waals surface area (Å²) in [5, 5.41) is 0.311. The Morgan fingerprint density at radius 1 is 1.53 bits per heavy atom. The first kappa shape index (κ1) is 12.3. The molecule has 0 bridgehead atoms. The van der Waals surface area contributed by atoms with Gasteiger partial charge in [0.25, 0.3) is 0 Å². The highest BCUT2D eigenvalue weighted by Gasteiger charge is 2.23. The largest absolute Gasteiger partial charge is 0.341 e. The van der Waals surface area contributed by atoms with Crippen molar-refractivity contribution in [3.8, 4) is 0 Å². The first-order valence-electron chi connectivity index (χ1n) is 5.53. The zero-order valence-electron chi connectivity index (χ0n) is 9.33. The Morgan fingerprint density at radius 2 is 2.29 bits per heavy atom. The van der Waals surface area contributed by atoms with Crippen molar-refractivity contribution in [3.63, 3.8) is 0 Å². The molecule has 92 valence electrons. The van der Waals surface area contributed by atoms with Crippen LogP contribution >= 0.6 is 11.6 Å². The summed E-state index contributed by atoms with van der Waals surface area (Å²) in [6.07, 6.45) is 1.000. The Hall–Kier alpha value is -1.13. The standard InChI is InChI=1S/C12H14ClFN2O/c13-9-3-8(4-10(14)6-9)5-12(17)16-2-1-11(15)7-16/h3-4,6,11H,1-2,5,7,15H2. The van der Waals surface area contributed by atoms with Crippen LogP contribution in [0.3, 0.4) is 0 Å². The van der Waals surface area contributed by atoms with Crippen LogP contribution in [0.5, 0.6) is 0 Å². The number of carbonyl (C=O) groups is 1. The summed E-state index contributed by atoms with van der Waals surface area (Å²) in [5.74, 6) is -0.446. The molecule has 0 aliphatic carbocycles. The van der Waals surface area contributed by atoms with Crippen LogP contribution in [-0.2, 0) is 11.2 Å². The lowest BCUT2D eigenvalue weighted by atomic mass is 10.1. The summed E-state index contributed by atoms with van der Waals surface area (Å²) in [6.45, 7) is 1.27. The first-order valence-corrected chi connectivity index (χ1v) is 5.91. The van der Waals surface area contributed by atoms with Crippen molar-refractivity contribution in [3.05, 3.63) is 34.6 Å². The SMILES string of the molecule is NC1CCN(C(=O)Cc2cc(F)cc(Cl)c2)C1. The summed E-state index contributed by atoms with van der Waals surface area (Å²) in [7, 11) is 0. The minimum absolute atomic E-state index is 0.0281. The normalized spacial score (nSPS) is 19.7. The first-order chi connectivity index (χ1) is 8.04. The average molecular weight is 257 g/mol. The molecule has 5 heteroatoms. The van der Waals surface area contributed by atoms with E-state index in [0.717, 1.165) is 6.42 Å². The Balaban J connectivity index is 2.03. The average Bonchev–Trinajstić information content (AvgIpc) is 2.63. The summed E-state index contributed by atoms with van der Waals surface area (Å²) in [6, 6.07) is 4.23. The van der Waals surface area contributed by atoms with E-state index in [-0.39, 0.29) is 18.4 Å². The van der Waals surface area contributed by atoms with E-state index in [1.54, 1.807) is 11.0 Å². The van der Waals surface area contributed by atoms with Crippen LogP contribution in [0.4, 0.5) is 4.39 Å². The highest BCUT2D eigenvalue weighted by atomic mass is 35.5. The van der Waals surface area contributed by atoms with Crippen LogP contribution in [0.2, 0.25) is 5.02 Å². The van der Waals surface area contributed by atoms with E-state index in [1.165, 1.54) is 12.1 Å². The molecule has 0 spiro atoms. The number of rotatable bonds is 2. The number of hydrogen-bond acceptors (Lipinski definition) is 2. The molecule has 2 N–H and O–H groups in total. The van der Waals surface area contributed by atoms with Crippen molar-refractivity contribution >= 4 is 17.5 Å². The van der Waals surface area contributed by atoms with Crippen LogP contribution in [-0.4, -0.2) is 29.9 Å². The van der Waals surface area contributed by atoms with Gasteiger partial charge in [0, 0.05) is 24.2 Å². The molecule has 0 saturated carbocycles. The van der Waals surface area contributed by atoms with E-state index >= 15 is 0 Å². The van der Waals surface area contributed by atoms with Crippen LogP contribution in [0.15, 0.2) is 18.2 Å². The van der Waals surface area contributed by atoms with Gasteiger partial charge in [-0.15, -0.1) is 0 Å². The zero-order chi connectivity index (χ0) is 12.4. The number of carbonyl (C=O) groups excluding carboxylic acids is 1. The highest BCUT2D eigenvalue weighted by molar-refractivity contribution is 6.30. The molecular weight excluding hydrogens is 243 g/mol. The van der Waals surface area contributed by atoms with Gasteiger partial charge in [0.05, 0.1) is 6.42 Å². The Kier molecular flexibility index (Phi) is 3.64. The van der Waals surface area contributed by atoms with Crippen LogP contribution in [0.1, 0.15) is 12.0 Å². The van der Waals surface area contributed by atoms with Crippen LogP contribution in [0, 0.1) is 5.82 Å². The fraction of sp³-hybridized carbons (Fsp3) is 0.417. The summed E-state index contributed by atoms with van der Waals surface area (Å²) >= 11 is 5.73. The second kappa shape index (κ2) is 5.02. The van der Waals surface area contributed by atoms with Crippen molar-refractivity contribution in [2.75, 3.05) is 13.1 Å². The molecule has 1 aromatic rings. The molecule has 0 radical (unpaired) electrons. The smallest absolute Gasteiger partial charge is 0.227 e. The third-order valence-electron chi connectivity index (χ3n) is 2.86. The number of halogens is 2. The third-order valence-corrected chi connectivity index (χ3v) is 3.07. The monoisotopic (exact) mass is 256 g/mol. The molecule has 1 aromatic carbocycles. The van der Waals surface area contributed by atoms with Crippen molar-refractivity contribution in [1.82, 2.24) is 4.90 Å². The molecule has 1 aliphatic rings. The minimum Gasteiger partial charge on any atom is -0.341 e. The van der Waals surface area contributed by atoms with Gasteiger partial charge in [0.2, 0.25) is 5.91 Å². The van der Waals surface area contributed by atoms with Crippen molar-refractivity contribution in [1.29, 1.82) is 0 Å². The topological polar surface area (TPSA) is 46.3 Å². The second-order valence-electron chi connectivity index (χ2n) is 4.34. The Bertz CT molecular complexity index is 418. The lowest BCUT2D eigenvalue weighted by Crippen LogP contribution is -2.32. The van der Waals surface area contributed by atoms with Gasteiger partial charge in [-0.1, -0.05) is 11.6 Å². The number of benzene rings is 1. The molecule has 2 rings (SSSR count). The van der Waals surface area contributed by atoms with Gasteiger partial charge in [-0.2, -0.15) is 0 Å². The van der Waals surface area contributed by atoms with Gasteiger partial charge in [0.1, 0.15) is 5.82 Å². The van der Waals surface area contributed by atoms with Crippen molar-refractivity contribution < 1.29 is 9.18 Å². The number of likely N-dealkylation sites (tertiary alicyclic amines) is 1. The second-order valence-corrected chi connectivity index (χ2v) is 4.78. The maximum Gasteiger partial charge on any atom is 0.227 e. The van der Waals surface area contributed by atoms with E-state index in [9.17, 15) is 9.18 Å². The van der Waals surface area contributed by atoms with Crippen molar-refractivity contribution in [2.24, 2.45) is 5.73 Å². The Labute approximate surface area is 104 Å². The van der Waals surface area contributed by atoms with Gasteiger partial charge < -0.3 is 10.6 Å². The molecule has 1 atom stereocenters. The summed E-state index contributed by atoms with van der Waals surface area (Å²) in [5.41, 5.74) is 6.33. The van der Waals surface area contributed by atoms with E-state index in [2.05, 4.69) is 0 Å². The molecule has 1 amide bonds. The zero-order valence-corrected chi connectivity index (χ0v) is 10.1. The minimum atomic E-state index is -0.418. The molecule has 17 heavy (non-hydrogen) atoms. The lowest BCUT2D eigenvalue weighted by Gasteiger charge is -2.15. The maximum atomic E-state index is 13.1. The maximum absolute atomic E-state index is 13.1. The highest BCUT2D eigenvalue weighted by Crippen LogP contribution is 2.16. The van der Waals surface area contributed by atoms with Crippen LogP contribution in [0.25, 0.3) is 0 Å². The quantitative estimate of drug-likeness (QED) is 0.873. The number of hydrogen-bond donors (Lipinski definition) is 1. The van der Waals surface area contributed by atoms with Gasteiger partial charge in [-0.3, -0.25) is 4.79 Å². The van der Waals surface area contributed by atoms with Gasteiger partial charge in [0.15, 0.2) is 0 Å². The molecule has 0 aromatic heterocycles.